The maximum absolute atomic E-state index is 13.7. The summed E-state index contributed by atoms with van der Waals surface area (Å²) < 4.78 is 13.7. The molecule has 39 heavy (non-hydrogen) atoms. The van der Waals surface area contributed by atoms with Crippen molar-refractivity contribution in [3.05, 3.63) is 95.3 Å². The van der Waals surface area contributed by atoms with Gasteiger partial charge in [0.1, 0.15) is 12.2 Å². The molecule has 0 aliphatic rings. The van der Waals surface area contributed by atoms with Crippen LogP contribution in [0, 0.1) is 31.0 Å². The molecule has 10 heteroatoms. The number of unbranched alkanes of at least 4 members (excludes halogenated alkanes) is 1. The molecule has 0 fully saturated rings. The van der Waals surface area contributed by atoms with E-state index in [9.17, 15) is 14.0 Å². The first-order valence-electron chi connectivity index (χ1n) is 12.6. The van der Waals surface area contributed by atoms with E-state index in [2.05, 4.69) is 27.2 Å². The van der Waals surface area contributed by atoms with Gasteiger partial charge in [0.25, 0.3) is 0 Å². The van der Waals surface area contributed by atoms with Gasteiger partial charge in [0.2, 0.25) is 0 Å². The van der Waals surface area contributed by atoms with Gasteiger partial charge in [-0.1, -0.05) is 12.1 Å². The fourth-order valence-electron chi connectivity index (χ4n) is 4.06. The molecule has 1 unspecified atom stereocenters. The van der Waals surface area contributed by atoms with E-state index in [-0.39, 0.29) is 11.4 Å². The predicted octanol–water partition coefficient (Wildman–Crippen LogP) is 5.28. The van der Waals surface area contributed by atoms with Crippen LogP contribution in [0.5, 0.6) is 0 Å². The Hall–Kier alpha value is -4.78. The van der Waals surface area contributed by atoms with Gasteiger partial charge in [0.15, 0.2) is 11.5 Å². The van der Waals surface area contributed by atoms with Crippen LogP contribution in [0.3, 0.4) is 0 Å². The van der Waals surface area contributed by atoms with Crippen molar-refractivity contribution in [2.75, 3.05) is 10.2 Å². The zero-order valence-electron chi connectivity index (χ0n) is 22.1. The number of halogens is 1. The number of carbonyl (C=O) groups is 2. The van der Waals surface area contributed by atoms with Gasteiger partial charge < -0.3 is 16.4 Å². The van der Waals surface area contributed by atoms with Gasteiger partial charge >= 0.3 is 12.1 Å². The van der Waals surface area contributed by atoms with Crippen molar-refractivity contribution in [1.29, 1.82) is 5.26 Å². The molecule has 3 aromatic rings. The van der Waals surface area contributed by atoms with Crippen LogP contribution in [0.15, 0.2) is 61.4 Å². The number of urea groups is 2. The number of amides is 4. The van der Waals surface area contributed by atoms with Crippen LogP contribution in [0.2, 0.25) is 0 Å². The SMILES string of the molecule is C=CCCCc1cc(NC(CCc2ccc(F)c(C#N)n2)NC(=O)N(C(N)=O)c2cncc(C)c2)ccc1C. The number of nitrogens with zero attached hydrogens (tertiary/aromatic N) is 4. The maximum atomic E-state index is 13.7. The molecule has 202 valence electrons. The van der Waals surface area contributed by atoms with Gasteiger partial charge in [-0.25, -0.2) is 23.9 Å². The molecule has 4 amide bonds. The van der Waals surface area contributed by atoms with Crippen LogP contribution >= 0.6 is 0 Å². The number of aromatic nitrogens is 2. The molecule has 9 nitrogen and oxygen atoms in total. The molecule has 0 saturated heterocycles. The Bertz CT molecular complexity index is 1390. The molecule has 2 aromatic heterocycles. The number of nitrogens with one attached hydrogen (secondary N) is 2. The lowest BCUT2D eigenvalue weighted by molar-refractivity contribution is 0.236. The minimum atomic E-state index is -0.961. The Balaban J connectivity index is 1.86. The first kappa shape index (κ1) is 28.8. The Morgan fingerprint density at radius 1 is 1.21 bits per heavy atom. The molecule has 0 spiro atoms. The van der Waals surface area contributed by atoms with E-state index in [0.717, 1.165) is 46.5 Å². The summed E-state index contributed by atoms with van der Waals surface area (Å²) in [5.74, 6) is -0.697. The number of nitrogens with two attached hydrogens (primary N) is 1. The topological polar surface area (TPSA) is 137 Å². The zero-order chi connectivity index (χ0) is 28.4. The van der Waals surface area contributed by atoms with E-state index in [0.29, 0.717) is 18.5 Å². The first-order valence-corrected chi connectivity index (χ1v) is 12.6. The Labute approximate surface area is 227 Å². The van der Waals surface area contributed by atoms with Crippen molar-refractivity contribution >= 4 is 23.4 Å². The van der Waals surface area contributed by atoms with E-state index in [4.69, 9.17) is 11.0 Å². The summed E-state index contributed by atoms with van der Waals surface area (Å²) in [6.07, 6.45) is 7.56. The van der Waals surface area contributed by atoms with Crippen LogP contribution < -0.4 is 21.3 Å². The first-order chi connectivity index (χ1) is 18.7. The monoisotopic (exact) mass is 529 g/mol. The lowest BCUT2D eigenvalue weighted by Crippen LogP contribution is -2.52. The number of benzene rings is 1. The Morgan fingerprint density at radius 2 is 2.00 bits per heavy atom. The van der Waals surface area contributed by atoms with E-state index < -0.39 is 24.0 Å². The fourth-order valence-corrected chi connectivity index (χ4v) is 4.06. The highest BCUT2D eigenvalue weighted by molar-refractivity contribution is 6.13. The highest BCUT2D eigenvalue weighted by Gasteiger charge is 2.24. The summed E-state index contributed by atoms with van der Waals surface area (Å²) in [7, 11) is 0. The van der Waals surface area contributed by atoms with Crippen LogP contribution in [0.4, 0.5) is 25.4 Å². The van der Waals surface area contributed by atoms with Crippen LogP contribution in [0.1, 0.15) is 47.3 Å². The molecule has 0 aliphatic heterocycles. The lowest BCUT2D eigenvalue weighted by atomic mass is 10.0. The number of nitriles is 1. The molecule has 0 aliphatic carbocycles. The van der Waals surface area contributed by atoms with Crippen molar-refractivity contribution in [3.63, 3.8) is 0 Å². The molecule has 3 rings (SSSR count). The van der Waals surface area contributed by atoms with Crippen molar-refractivity contribution in [1.82, 2.24) is 15.3 Å². The quantitative estimate of drug-likeness (QED) is 0.176. The third-order valence-corrected chi connectivity index (χ3v) is 6.08. The number of hydrogen-bond donors (Lipinski definition) is 3. The zero-order valence-corrected chi connectivity index (χ0v) is 22.1. The Morgan fingerprint density at radius 3 is 2.69 bits per heavy atom. The van der Waals surface area contributed by atoms with E-state index in [1.807, 2.05) is 31.2 Å². The predicted molar refractivity (Wildman–Crippen MR) is 149 cm³/mol. The number of anilines is 2. The number of pyridine rings is 2. The number of hydrogen-bond acceptors (Lipinski definition) is 6. The number of rotatable bonds is 11. The van der Waals surface area contributed by atoms with Gasteiger partial charge in [0, 0.05) is 17.6 Å². The molecule has 2 heterocycles. The summed E-state index contributed by atoms with van der Waals surface area (Å²) in [4.78, 5) is 34.4. The van der Waals surface area contributed by atoms with Crippen molar-refractivity contribution in [2.45, 2.75) is 52.1 Å². The number of primary amides is 1. The molecular weight excluding hydrogens is 497 g/mol. The molecule has 1 atom stereocenters. The second-order valence-corrected chi connectivity index (χ2v) is 9.15. The third kappa shape index (κ3) is 8.10. The normalized spacial score (nSPS) is 11.2. The van der Waals surface area contributed by atoms with Crippen molar-refractivity contribution in [2.24, 2.45) is 5.73 Å². The van der Waals surface area contributed by atoms with Gasteiger partial charge in [0.05, 0.1) is 11.9 Å². The lowest BCUT2D eigenvalue weighted by Gasteiger charge is -2.26. The van der Waals surface area contributed by atoms with E-state index in [1.54, 1.807) is 25.3 Å². The van der Waals surface area contributed by atoms with Gasteiger partial charge in [-0.05, 0) is 93.0 Å². The second-order valence-electron chi connectivity index (χ2n) is 9.15. The second kappa shape index (κ2) is 13.7. The summed E-state index contributed by atoms with van der Waals surface area (Å²) >= 11 is 0. The van der Waals surface area contributed by atoms with Crippen molar-refractivity contribution < 1.29 is 14.0 Å². The minimum absolute atomic E-state index is 0.234. The maximum Gasteiger partial charge on any atom is 0.331 e. The molecular formula is C29H32FN7O2. The third-order valence-electron chi connectivity index (χ3n) is 6.08. The minimum Gasteiger partial charge on any atom is -0.365 e. The fraction of sp³-hybridized carbons (Fsp3) is 0.276. The van der Waals surface area contributed by atoms with E-state index >= 15 is 0 Å². The van der Waals surface area contributed by atoms with Gasteiger partial charge in [-0.15, -0.1) is 6.58 Å². The summed E-state index contributed by atoms with van der Waals surface area (Å²) in [6, 6.07) is 10.3. The molecule has 0 radical (unpaired) electrons. The highest BCUT2D eigenvalue weighted by atomic mass is 19.1. The standard InChI is InChI=1S/C29H32FN7O2/c1-4-5-6-7-21-15-23(9-8-20(21)3)35-27(13-11-22-10-12-25(30)26(16-31)34-22)36-29(39)37(28(32)38)24-14-19(2)17-33-18-24/h4,8-10,12,14-15,17-18,27,35H,1,5-7,11,13H2,2-3H3,(H2,32,38)(H,36,39). The smallest absolute Gasteiger partial charge is 0.331 e. The molecule has 4 N–H and O–H groups in total. The number of aryl methyl sites for hydroxylation is 4. The van der Waals surface area contributed by atoms with Gasteiger partial charge in [-0.3, -0.25) is 4.98 Å². The van der Waals surface area contributed by atoms with E-state index in [1.165, 1.54) is 18.3 Å². The number of imide groups is 1. The van der Waals surface area contributed by atoms with Crippen LogP contribution in [-0.2, 0) is 12.8 Å². The molecule has 0 bridgehead atoms. The molecule has 0 saturated carbocycles. The van der Waals surface area contributed by atoms with Crippen molar-refractivity contribution in [3.8, 4) is 6.07 Å². The number of allylic oxidation sites excluding steroid dienone is 1. The van der Waals surface area contributed by atoms with Crippen LogP contribution in [-0.4, -0.2) is 28.2 Å². The summed E-state index contributed by atoms with van der Waals surface area (Å²) in [6.45, 7) is 7.60. The molecule has 1 aromatic carbocycles. The summed E-state index contributed by atoms with van der Waals surface area (Å²) in [5.41, 5.74) is 9.80. The summed E-state index contributed by atoms with van der Waals surface area (Å²) in [5, 5.41) is 15.3. The Kier molecular flexibility index (Phi) is 10.1. The highest BCUT2D eigenvalue weighted by Crippen LogP contribution is 2.20. The average Bonchev–Trinajstić information content (AvgIpc) is 2.89. The number of carbonyl (C=O) groups excluding carboxylic acids is 2. The average molecular weight is 530 g/mol. The largest absolute Gasteiger partial charge is 0.365 e. The van der Waals surface area contributed by atoms with Crippen LogP contribution in [0.25, 0.3) is 0 Å². The van der Waals surface area contributed by atoms with Gasteiger partial charge in [-0.2, -0.15) is 5.26 Å².